The van der Waals surface area contributed by atoms with Crippen molar-refractivity contribution in [3.63, 3.8) is 0 Å². The number of para-hydroxylation sites is 2. The largest absolute Gasteiger partial charge is 0.495 e. The molecule has 0 radical (unpaired) electrons. The first-order chi connectivity index (χ1) is 9.19. The van der Waals surface area contributed by atoms with Gasteiger partial charge in [-0.05, 0) is 24.3 Å². The third kappa shape index (κ3) is 2.31. The Balaban J connectivity index is 2.51. The fourth-order valence-corrected chi connectivity index (χ4v) is 1.99. The molecule has 2 rings (SSSR count). The lowest BCUT2D eigenvalue weighted by molar-refractivity contribution is 0.417. The van der Waals surface area contributed by atoms with Crippen LogP contribution in [0.2, 0.25) is 0 Å². The van der Waals surface area contributed by atoms with Gasteiger partial charge in [0.15, 0.2) is 0 Å². The van der Waals surface area contributed by atoms with E-state index in [0.29, 0.717) is 17.0 Å². The molecule has 0 aliphatic carbocycles. The molecule has 0 spiro atoms. The van der Waals surface area contributed by atoms with Crippen molar-refractivity contribution in [1.82, 2.24) is 0 Å². The van der Waals surface area contributed by atoms with E-state index in [0.717, 1.165) is 11.4 Å². The van der Waals surface area contributed by atoms with Crippen LogP contribution in [0.15, 0.2) is 42.5 Å². The van der Waals surface area contributed by atoms with Crippen LogP contribution in [0.5, 0.6) is 5.75 Å². The van der Waals surface area contributed by atoms with Crippen LogP contribution in [0.1, 0.15) is 5.56 Å². The predicted molar refractivity (Wildman–Crippen MR) is 76.6 cm³/mol. The fraction of sp³-hybridized carbons (Fsp3) is 0.133. The van der Waals surface area contributed by atoms with Gasteiger partial charge in [0, 0.05) is 7.05 Å². The van der Waals surface area contributed by atoms with E-state index in [2.05, 4.69) is 6.07 Å². The van der Waals surface area contributed by atoms with Gasteiger partial charge in [0.2, 0.25) is 0 Å². The SMILES string of the molecule is COc1cccc(N(C)c2ccccc2C#N)c1N. The van der Waals surface area contributed by atoms with Crippen LogP contribution in [0, 0.1) is 11.3 Å². The molecule has 0 aliphatic rings. The molecule has 0 saturated carbocycles. The van der Waals surface area contributed by atoms with Crippen LogP contribution in [0.25, 0.3) is 0 Å². The lowest BCUT2D eigenvalue weighted by atomic mass is 10.1. The number of nitrogens with zero attached hydrogens (tertiary/aromatic N) is 2. The average molecular weight is 253 g/mol. The predicted octanol–water partition coefficient (Wildman–Crippen LogP) is 2.92. The first kappa shape index (κ1) is 12.8. The average Bonchev–Trinajstić information content (AvgIpc) is 2.46. The molecule has 0 saturated heterocycles. The molecule has 0 fully saturated rings. The lowest BCUT2D eigenvalue weighted by Gasteiger charge is -2.23. The third-order valence-corrected chi connectivity index (χ3v) is 3.01. The number of ether oxygens (including phenoxy) is 1. The standard InChI is InChI=1S/C15H15N3O/c1-18(12-7-4-3-6-11(12)10-16)13-8-5-9-14(19-2)15(13)17/h3-9H,17H2,1-2H3. The zero-order chi connectivity index (χ0) is 13.8. The summed E-state index contributed by atoms with van der Waals surface area (Å²) >= 11 is 0. The highest BCUT2D eigenvalue weighted by Crippen LogP contribution is 2.35. The highest BCUT2D eigenvalue weighted by Gasteiger charge is 2.13. The molecule has 0 amide bonds. The van der Waals surface area contributed by atoms with Gasteiger partial charge in [0.1, 0.15) is 11.8 Å². The smallest absolute Gasteiger partial charge is 0.143 e. The van der Waals surface area contributed by atoms with Gasteiger partial charge in [-0.2, -0.15) is 5.26 Å². The van der Waals surface area contributed by atoms with Crippen molar-refractivity contribution in [2.24, 2.45) is 0 Å². The summed E-state index contributed by atoms with van der Waals surface area (Å²) in [4.78, 5) is 1.89. The van der Waals surface area contributed by atoms with Crippen molar-refractivity contribution < 1.29 is 4.74 Å². The summed E-state index contributed by atoms with van der Waals surface area (Å²) in [6.07, 6.45) is 0. The second kappa shape index (κ2) is 5.32. The summed E-state index contributed by atoms with van der Waals surface area (Å²) in [5, 5.41) is 9.15. The van der Waals surface area contributed by atoms with Gasteiger partial charge in [0.05, 0.1) is 29.7 Å². The lowest BCUT2D eigenvalue weighted by Crippen LogP contribution is -2.13. The highest BCUT2D eigenvalue weighted by atomic mass is 16.5. The second-order valence-corrected chi connectivity index (χ2v) is 4.08. The van der Waals surface area contributed by atoms with E-state index in [9.17, 15) is 0 Å². The first-order valence-electron chi connectivity index (χ1n) is 5.84. The van der Waals surface area contributed by atoms with E-state index in [-0.39, 0.29) is 0 Å². The molecule has 2 aromatic rings. The maximum Gasteiger partial charge on any atom is 0.143 e. The van der Waals surface area contributed by atoms with Crippen LogP contribution in [-0.4, -0.2) is 14.2 Å². The molecule has 0 atom stereocenters. The molecule has 2 N–H and O–H groups in total. The topological polar surface area (TPSA) is 62.3 Å². The minimum absolute atomic E-state index is 0.556. The van der Waals surface area contributed by atoms with Crippen molar-refractivity contribution in [3.8, 4) is 11.8 Å². The van der Waals surface area contributed by atoms with Gasteiger partial charge in [-0.15, -0.1) is 0 Å². The van der Waals surface area contributed by atoms with Gasteiger partial charge >= 0.3 is 0 Å². The first-order valence-corrected chi connectivity index (χ1v) is 5.84. The van der Waals surface area contributed by atoms with Crippen molar-refractivity contribution in [2.45, 2.75) is 0 Å². The van der Waals surface area contributed by atoms with Crippen LogP contribution < -0.4 is 15.4 Å². The normalized spacial score (nSPS) is 9.74. The number of nitrogens with two attached hydrogens (primary N) is 1. The molecule has 0 bridgehead atoms. The Morgan fingerprint density at radius 3 is 2.47 bits per heavy atom. The van der Waals surface area contributed by atoms with Gasteiger partial charge in [-0.25, -0.2) is 0 Å². The number of methoxy groups -OCH3 is 1. The van der Waals surface area contributed by atoms with E-state index in [1.807, 2.05) is 48.3 Å². The van der Waals surface area contributed by atoms with E-state index in [1.54, 1.807) is 13.2 Å². The molecule has 0 aliphatic heterocycles. The molecule has 0 aromatic heterocycles. The van der Waals surface area contributed by atoms with Crippen LogP contribution in [-0.2, 0) is 0 Å². The Morgan fingerprint density at radius 2 is 1.79 bits per heavy atom. The van der Waals surface area contributed by atoms with Gasteiger partial charge in [0.25, 0.3) is 0 Å². The molecule has 4 heteroatoms. The number of nitriles is 1. The zero-order valence-electron chi connectivity index (χ0n) is 10.9. The number of hydrogen-bond donors (Lipinski definition) is 1. The molecule has 0 unspecified atom stereocenters. The Bertz CT molecular complexity index is 632. The monoisotopic (exact) mass is 253 g/mol. The van der Waals surface area contributed by atoms with Crippen molar-refractivity contribution in [3.05, 3.63) is 48.0 Å². The maximum atomic E-state index is 9.15. The van der Waals surface area contributed by atoms with E-state index < -0.39 is 0 Å². The summed E-state index contributed by atoms with van der Waals surface area (Å²) in [5.74, 6) is 0.624. The van der Waals surface area contributed by atoms with Crippen molar-refractivity contribution in [1.29, 1.82) is 5.26 Å². The Morgan fingerprint density at radius 1 is 1.11 bits per heavy atom. The number of hydrogen-bond acceptors (Lipinski definition) is 4. The summed E-state index contributed by atoms with van der Waals surface area (Å²) in [7, 11) is 3.46. The summed E-state index contributed by atoms with van der Waals surface area (Å²) in [6.45, 7) is 0. The van der Waals surface area contributed by atoms with Crippen LogP contribution in [0.4, 0.5) is 17.1 Å². The molecular formula is C15H15N3O. The zero-order valence-corrected chi connectivity index (χ0v) is 10.9. The van der Waals surface area contributed by atoms with Crippen molar-refractivity contribution in [2.75, 3.05) is 24.8 Å². The van der Waals surface area contributed by atoms with Crippen LogP contribution >= 0.6 is 0 Å². The van der Waals surface area contributed by atoms with E-state index in [4.69, 9.17) is 15.7 Å². The van der Waals surface area contributed by atoms with Gasteiger partial charge in [-0.1, -0.05) is 18.2 Å². The Kier molecular flexibility index (Phi) is 3.58. The number of benzene rings is 2. The maximum absolute atomic E-state index is 9.15. The summed E-state index contributed by atoms with van der Waals surface area (Å²) in [6, 6.07) is 15.2. The quantitative estimate of drug-likeness (QED) is 0.854. The van der Waals surface area contributed by atoms with Gasteiger partial charge in [-0.3, -0.25) is 0 Å². The number of anilines is 3. The van der Waals surface area contributed by atoms with Gasteiger partial charge < -0.3 is 15.4 Å². The van der Waals surface area contributed by atoms with E-state index in [1.165, 1.54) is 0 Å². The molecule has 96 valence electrons. The minimum atomic E-state index is 0.556. The minimum Gasteiger partial charge on any atom is -0.495 e. The molecule has 2 aromatic carbocycles. The third-order valence-electron chi connectivity index (χ3n) is 3.01. The van der Waals surface area contributed by atoms with Crippen molar-refractivity contribution >= 4 is 17.1 Å². The molecule has 4 nitrogen and oxygen atoms in total. The number of rotatable bonds is 3. The Hall–Kier alpha value is -2.67. The molecule has 19 heavy (non-hydrogen) atoms. The molecule has 0 heterocycles. The second-order valence-electron chi connectivity index (χ2n) is 4.08. The number of nitrogen functional groups attached to an aromatic ring is 1. The highest BCUT2D eigenvalue weighted by molar-refractivity contribution is 5.80. The molecular weight excluding hydrogens is 238 g/mol. The Labute approximate surface area is 112 Å². The van der Waals surface area contributed by atoms with Crippen LogP contribution in [0.3, 0.4) is 0 Å². The summed E-state index contributed by atoms with van der Waals surface area (Å²) in [5.41, 5.74) is 8.85. The summed E-state index contributed by atoms with van der Waals surface area (Å²) < 4.78 is 5.21. The van der Waals surface area contributed by atoms with E-state index >= 15 is 0 Å². The fourth-order valence-electron chi connectivity index (χ4n) is 1.99.